The number of H-pyrrole nitrogens is 1. The van der Waals surface area contributed by atoms with E-state index < -0.39 is 23.4 Å². The number of carbonyl (C=O) groups is 2. The molecule has 2 amide bonds. The summed E-state index contributed by atoms with van der Waals surface area (Å²) in [5.41, 5.74) is 3.25. The first-order valence-electron chi connectivity index (χ1n) is 10.4. The van der Waals surface area contributed by atoms with E-state index in [1.54, 1.807) is 66.7 Å². The SMILES string of the molecule is COc1ccccc1/C=N\NC(=O)[C@@H](NC(=O)c1ccccc1)c1n[nH]c(=O)c2ccccc12. The van der Waals surface area contributed by atoms with Gasteiger partial charge in [-0.3, -0.25) is 14.4 Å². The molecule has 4 rings (SSSR count). The lowest BCUT2D eigenvalue weighted by Crippen LogP contribution is -2.40. The van der Waals surface area contributed by atoms with Crippen molar-refractivity contribution in [3.63, 3.8) is 0 Å². The molecule has 0 radical (unpaired) electrons. The van der Waals surface area contributed by atoms with Crippen LogP contribution < -0.4 is 21.0 Å². The second kappa shape index (κ2) is 10.2. The van der Waals surface area contributed by atoms with Gasteiger partial charge < -0.3 is 10.1 Å². The number of amides is 2. The second-order valence-electron chi connectivity index (χ2n) is 7.23. The third-order valence-electron chi connectivity index (χ3n) is 5.09. The molecule has 3 N–H and O–H groups in total. The highest BCUT2D eigenvalue weighted by atomic mass is 16.5. The van der Waals surface area contributed by atoms with Crippen molar-refractivity contribution >= 4 is 28.8 Å². The molecule has 0 unspecified atom stereocenters. The molecular weight excluding hydrogens is 434 g/mol. The Kier molecular flexibility index (Phi) is 6.73. The fourth-order valence-corrected chi connectivity index (χ4v) is 3.42. The molecule has 1 heterocycles. The lowest BCUT2D eigenvalue weighted by atomic mass is 10.0. The highest BCUT2D eigenvalue weighted by Crippen LogP contribution is 2.20. The predicted molar refractivity (Wildman–Crippen MR) is 128 cm³/mol. The van der Waals surface area contributed by atoms with E-state index in [0.717, 1.165) is 0 Å². The lowest BCUT2D eigenvalue weighted by molar-refractivity contribution is -0.123. The predicted octanol–water partition coefficient (Wildman–Crippen LogP) is 2.55. The summed E-state index contributed by atoms with van der Waals surface area (Å²) in [4.78, 5) is 38.3. The van der Waals surface area contributed by atoms with Crippen molar-refractivity contribution in [2.75, 3.05) is 7.11 Å². The van der Waals surface area contributed by atoms with Crippen molar-refractivity contribution in [1.82, 2.24) is 20.9 Å². The van der Waals surface area contributed by atoms with E-state index in [4.69, 9.17) is 4.74 Å². The van der Waals surface area contributed by atoms with Crippen LogP contribution in [0.25, 0.3) is 10.8 Å². The maximum Gasteiger partial charge on any atom is 0.272 e. The van der Waals surface area contributed by atoms with E-state index in [2.05, 4.69) is 26.0 Å². The van der Waals surface area contributed by atoms with Gasteiger partial charge in [-0.05, 0) is 30.3 Å². The zero-order valence-corrected chi connectivity index (χ0v) is 18.2. The molecule has 0 bridgehead atoms. The van der Waals surface area contributed by atoms with Crippen LogP contribution in [-0.4, -0.2) is 35.3 Å². The van der Waals surface area contributed by atoms with Gasteiger partial charge in [0.15, 0.2) is 6.04 Å². The van der Waals surface area contributed by atoms with Gasteiger partial charge in [-0.1, -0.05) is 48.5 Å². The summed E-state index contributed by atoms with van der Waals surface area (Å²) in [5.74, 6) is -0.533. The fourth-order valence-electron chi connectivity index (χ4n) is 3.42. The first-order chi connectivity index (χ1) is 16.6. The number of fused-ring (bicyclic) bond motifs is 1. The van der Waals surface area contributed by atoms with Crippen LogP contribution in [0.2, 0.25) is 0 Å². The number of hydrogen-bond donors (Lipinski definition) is 3. The maximum atomic E-state index is 13.2. The number of para-hydroxylation sites is 1. The van der Waals surface area contributed by atoms with Crippen molar-refractivity contribution < 1.29 is 14.3 Å². The quantitative estimate of drug-likeness (QED) is 0.292. The van der Waals surface area contributed by atoms with Gasteiger partial charge in [0.1, 0.15) is 11.4 Å². The topological polar surface area (TPSA) is 126 Å². The average Bonchev–Trinajstić information content (AvgIpc) is 2.88. The summed E-state index contributed by atoms with van der Waals surface area (Å²) in [5, 5.41) is 14.0. The van der Waals surface area contributed by atoms with Gasteiger partial charge in [0.25, 0.3) is 17.4 Å². The molecule has 3 aromatic carbocycles. The van der Waals surface area contributed by atoms with Crippen molar-refractivity contribution in [3.05, 3.63) is 106 Å². The molecule has 34 heavy (non-hydrogen) atoms. The number of methoxy groups -OCH3 is 1. The highest BCUT2D eigenvalue weighted by Gasteiger charge is 2.27. The molecule has 170 valence electrons. The standard InChI is InChI=1S/C25H21N5O4/c1-34-20-14-8-5-11-17(20)15-26-29-25(33)22(27-23(31)16-9-3-2-4-10-16)21-18-12-6-7-13-19(18)24(32)30-28-21/h2-15,22H,1H3,(H,27,31)(H,29,33)(H,30,32)/b26-15-/t22-/m0/s1. The van der Waals surface area contributed by atoms with Crippen LogP contribution in [0.15, 0.2) is 88.8 Å². The normalized spacial score (nSPS) is 11.8. The maximum absolute atomic E-state index is 13.2. The number of hydrazone groups is 1. The minimum absolute atomic E-state index is 0.185. The van der Waals surface area contributed by atoms with Crippen LogP contribution in [0, 0.1) is 0 Å². The van der Waals surface area contributed by atoms with Crippen LogP contribution in [0.1, 0.15) is 27.7 Å². The molecule has 0 aliphatic rings. The smallest absolute Gasteiger partial charge is 0.272 e. The Balaban J connectivity index is 1.67. The summed E-state index contributed by atoms with van der Waals surface area (Å²) in [6.07, 6.45) is 1.44. The fraction of sp³-hybridized carbons (Fsp3) is 0.0800. The summed E-state index contributed by atoms with van der Waals surface area (Å²) >= 11 is 0. The Hall–Kier alpha value is -4.79. The zero-order valence-electron chi connectivity index (χ0n) is 18.2. The van der Waals surface area contributed by atoms with Crippen molar-refractivity contribution in [2.24, 2.45) is 5.10 Å². The average molecular weight is 455 g/mol. The van der Waals surface area contributed by atoms with Crippen LogP contribution in [-0.2, 0) is 4.79 Å². The number of ether oxygens (including phenoxy) is 1. The van der Waals surface area contributed by atoms with Crippen molar-refractivity contribution in [1.29, 1.82) is 0 Å². The van der Waals surface area contributed by atoms with Gasteiger partial charge in [0, 0.05) is 16.5 Å². The summed E-state index contributed by atoms with van der Waals surface area (Å²) in [6.45, 7) is 0. The Morgan fingerprint density at radius 1 is 0.971 bits per heavy atom. The molecule has 0 spiro atoms. The number of benzene rings is 3. The molecule has 4 aromatic rings. The van der Waals surface area contributed by atoms with E-state index in [0.29, 0.717) is 27.6 Å². The summed E-state index contributed by atoms with van der Waals surface area (Å²) in [7, 11) is 1.54. The van der Waals surface area contributed by atoms with Gasteiger partial charge in [-0.15, -0.1) is 0 Å². The number of aromatic amines is 1. The second-order valence-corrected chi connectivity index (χ2v) is 7.23. The number of rotatable bonds is 7. The van der Waals surface area contributed by atoms with Crippen LogP contribution in [0.5, 0.6) is 5.75 Å². The minimum atomic E-state index is -1.23. The molecule has 0 fully saturated rings. The third kappa shape index (κ3) is 4.83. The molecule has 0 aliphatic heterocycles. The number of nitrogens with one attached hydrogen (secondary N) is 3. The minimum Gasteiger partial charge on any atom is -0.496 e. The van der Waals surface area contributed by atoms with E-state index in [1.807, 2.05) is 12.1 Å². The van der Waals surface area contributed by atoms with Crippen LogP contribution in [0.3, 0.4) is 0 Å². The Morgan fingerprint density at radius 2 is 1.65 bits per heavy atom. The number of nitrogens with zero attached hydrogens (tertiary/aromatic N) is 2. The van der Waals surface area contributed by atoms with Gasteiger partial charge in [0.05, 0.1) is 18.7 Å². The van der Waals surface area contributed by atoms with Crippen molar-refractivity contribution in [2.45, 2.75) is 6.04 Å². The summed E-state index contributed by atoms with van der Waals surface area (Å²) < 4.78 is 5.28. The lowest BCUT2D eigenvalue weighted by Gasteiger charge is -2.18. The van der Waals surface area contributed by atoms with E-state index >= 15 is 0 Å². The van der Waals surface area contributed by atoms with Gasteiger partial charge in [0.2, 0.25) is 0 Å². The van der Waals surface area contributed by atoms with Crippen LogP contribution in [0.4, 0.5) is 0 Å². The van der Waals surface area contributed by atoms with E-state index in [1.165, 1.54) is 13.3 Å². The Bertz CT molecular complexity index is 1420. The molecule has 9 heteroatoms. The number of carbonyl (C=O) groups excluding carboxylic acids is 2. The van der Waals surface area contributed by atoms with E-state index in [-0.39, 0.29) is 5.69 Å². The van der Waals surface area contributed by atoms with Gasteiger partial charge >= 0.3 is 0 Å². The Labute approximate surface area is 194 Å². The molecule has 1 aromatic heterocycles. The summed E-state index contributed by atoms with van der Waals surface area (Å²) in [6, 6.07) is 21.1. The van der Waals surface area contributed by atoms with Crippen molar-refractivity contribution in [3.8, 4) is 5.75 Å². The zero-order chi connectivity index (χ0) is 23.9. The van der Waals surface area contributed by atoms with Crippen LogP contribution >= 0.6 is 0 Å². The first kappa shape index (κ1) is 22.4. The van der Waals surface area contributed by atoms with E-state index in [9.17, 15) is 14.4 Å². The monoisotopic (exact) mass is 455 g/mol. The first-order valence-corrected chi connectivity index (χ1v) is 10.4. The molecular formula is C25H21N5O4. The molecule has 0 saturated carbocycles. The third-order valence-corrected chi connectivity index (χ3v) is 5.09. The Morgan fingerprint density at radius 3 is 2.41 bits per heavy atom. The number of hydrogen-bond acceptors (Lipinski definition) is 6. The molecule has 9 nitrogen and oxygen atoms in total. The molecule has 0 aliphatic carbocycles. The molecule has 1 atom stereocenters. The van der Waals surface area contributed by atoms with Gasteiger partial charge in [-0.25, -0.2) is 10.5 Å². The number of aromatic nitrogens is 2. The highest BCUT2D eigenvalue weighted by molar-refractivity contribution is 5.99. The molecule has 0 saturated heterocycles. The largest absolute Gasteiger partial charge is 0.496 e. The van der Waals surface area contributed by atoms with Gasteiger partial charge in [-0.2, -0.15) is 10.2 Å².